The maximum absolute atomic E-state index is 12.8. The number of ether oxygens (including phenoxy) is 1. The second-order valence-electron chi connectivity index (χ2n) is 8.74. The van der Waals surface area contributed by atoms with E-state index in [9.17, 15) is 13.2 Å². The molecule has 0 unspecified atom stereocenters. The highest BCUT2D eigenvalue weighted by atomic mass is 19.4. The van der Waals surface area contributed by atoms with E-state index in [0.29, 0.717) is 12.4 Å². The van der Waals surface area contributed by atoms with Gasteiger partial charge < -0.3 is 4.74 Å². The van der Waals surface area contributed by atoms with Crippen LogP contribution in [0.15, 0.2) is 73.1 Å². The van der Waals surface area contributed by atoms with Crippen LogP contribution >= 0.6 is 0 Å². The lowest BCUT2D eigenvalue weighted by Gasteiger charge is -2.28. The molecule has 0 radical (unpaired) electrons. The lowest BCUT2D eigenvalue weighted by Crippen LogP contribution is -2.33. The number of hydrogen-bond donors (Lipinski definition) is 0. The van der Waals surface area contributed by atoms with Crippen LogP contribution in [0.25, 0.3) is 0 Å². The molecular formula is C26H27F3N2O. The number of rotatable bonds is 9. The molecule has 0 bridgehead atoms. The van der Waals surface area contributed by atoms with Crippen molar-refractivity contribution in [2.75, 3.05) is 13.2 Å². The smallest absolute Gasteiger partial charge is 0.416 e. The molecular weight excluding hydrogens is 413 g/mol. The van der Waals surface area contributed by atoms with Gasteiger partial charge in [-0.25, -0.2) is 0 Å². The molecule has 32 heavy (non-hydrogen) atoms. The predicted octanol–water partition coefficient (Wildman–Crippen LogP) is 6.27. The van der Waals surface area contributed by atoms with Crippen molar-refractivity contribution in [1.29, 1.82) is 0 Å². The fraction of sp³-hybridized carbons (Fsp3) is 0.346. The summed E-state index contributed by atoms with van der Waals surface area (Å²) in [6.07, 6.45) is 1.42. The normalized spacial score (nSPS) is 15.0. The van der Waals surface area contributed by atoms with E-state index in [4.69, 9.17) is 4.74 Å². The van der Waals surface area contributed by atoms with Gasteiger partial charge in [0.15, 0.2) is 0 Å². The highest BCUT2D eigenvalue weighted by Gasteiger charge is 2.45. The first-order valence-electron chi connectivity index (χ1n) is 10.8. The molecule has 6 heteroatoms. The molecule has 1 fully saturated rings. The molecule has 1 heterocycles. The molecule has 0 spiro atoms. The minimum Gasteiger partial charge on any atom is -0.493 e. The summed E-state index contributed by atoms with van der Waals surface area (Å²) in [6, 6.07) is 17.4. The van der Waals surface area contributed by atoms with Crippen molar-refractivity contribution in [1.82, 2.24) is 9.88 Å². The lowest BCUT2D eigenvalue weighted by atomic mass is 10.0. The average Bonchev–Trinajstić information content (AvgIpc) is 3.54. The second-order valence-corrected chi connectivity index (χ2v) is 8.74. The van der Waals surface area contributed by atoms with Gasteiger partial charge in [0.05, 0.1) is 12.2 Å². The Morgan fingerprint density at radius 1 is 0.969 bits per heavy atom. The molecule has 3 nitrogen and oxygen atoms in total. The number of halogens is 3. The summed E-state index contributed by atoms with van der Waals surface area (Å²) in [5.41, 5.74) is 3.06. The lowest BCUT2D eigenvalue weighted by molar-refractivity contribution is -0.137. The van der Waals surface area contributed by atoms with Crippen LogP contribution in [0.4, 0.5) is 13.2 Å². The third-order valence-corrected chi connectivity index (χ3v) is 6.03. The first-order valence-corrected chi connectivity index (χ1v) is 10.8. The quantitative estimate of drug-likeness (QED) is 0.392. The number of pyridine rings is 1. The fourth-order valence-corrected chi connectivity index (χ4v) is 3.92. The Bertz CT molecular complexity index is 1020. The van der Waals surface area contributed by atoms with Gasteiger partial charge in [-0.1, -0.05) is 30.3 Å². The Hall–Kier alpha value is -2.86. The summed E-state index contributed by atoms with van der Waals surface area (Å²) in [6.45, 7) is 5.08. The number of hydrogen-bond acceptors (Lipinski definition) is 3. The summed E-state index contributed by atoms with van der Waals surface area (Å²) < 4.78 is 44.3. The minimum absolute atomic E-state index is 0.0214. The van der Waals surface area contributed by atoms with Crippen molar-refractivity contribution in [3.05, 3.63) is 95.3 Å². The van der Waals surface area contributed by atoms with Gasteiger partial charge in [0.1, 0.15) is 5.75 Å². The Balaban J connectivity index is 1.43. The number of alkyl halides is 3. The van der Waals surface area contributed by atoms with Crippen molar-refractivity contribution >= 4 is 0 Å². The molecule has 1 aliphatic rings. The van der Waals surface area contributed by atoms with Crippen LogP contribution in [0.1, 0.15) is 35.1 Å². The average molecular weight is 441 g/mol. The van der Waals surface area contributed by atoms with E-state index in [1.54, 1.807) is 6.20 Å². The third-order valence-electron chi connectivity index (χ3n) is 6.03. The number of aryl methyl sites for hydroxylation is 1. The summed E-state index contributed by atoms with van der Waals surface area (Å²) in [5.74, 6) is 0.474. The standard InChI is InChI=1S/C26H27F3N2O/c1-20-5-2-3-7-22(20)17-31(16-21-6-4-14-30-15-21)18-25(12-13-25)19-32-24-10-8-23(9-11-24)26(27,28)29/h2-11,14-15H,12-13,16-19H2,1H3. The van der Waals surface area contributed by atoms with Crippen LogP contribution in [0, 0.1) is 12.3 Å². The minimum atomic E-state index is -4.33. The SMILES string of the molecule is Cc1ccccc1CN(Cc1cccnc1)CC1(COc2ccc(C(F)(F)F)cc2)CC1. The summed E-state index contributed by atoms with van der Waals surface area (Å²) in [4.78, 5) is 6.66. The van der Waals surface area contributed by atoms with E-state index in [1.165, 1.54) is 23.3 Å². The largest absolute Gasteiger partial charge is 0.493 e. The predicted molar refractivity (Wildman–Crippen MR) is 118 cm³/mol. The molecule has 0 saturated heterocycles. The van der Waals surface area contributed by atoms with E-state index >= 15 is 0 Å². The van der Waals surface area contributed by atoms with E-state index in [1.807, 2.05) is 18.3 Å². The molecule has 0 atom stereocenters. The molecule has 3 aromatic rings. The molecule has 1 saturated carbocycles. The Morgan fingerprint density at radius 3 is 2.34 bits per heavy atom. The van der Waals surface area contributed by atoms with Crippen molar-refractivity contribution in [2.24, 2.45) is 5.41 Å². The van der Waals surface area contributed by atoms with Gasteiger partial charge in [0.25, 0.3) is 0 Å². The zero-order chi connectivity index (χ0) is 22.6. The zero-order valence-electron chi connectivity index (χ0n) is 18.1. The van der Waals surface area contributed by atoms with Gasteiger partial charge in [-0.3, -0.25) is 9.88 Å². The van der Waals surface area contributed by atoms with Gasteiger partial charge in [-0.15, -0.1) is 0 Å². The number of aromatic nitrogens is 1. The van der Waals surface area contributed by atoms with Gasteiger partial charge in [0.2, 0.25) is 0 Å². The van der Waals surface area contributed by atoms with Crippen LogP contribution in [0.5, 0.6) is 5.75 Å². The molecule has 0 amide bonds. The topological polar surface area (TPSA) is 25.4 Å². The van der Waals surface area contributed by atoms with Crippen LogP contribution in [0.2, 0.25) is 0 Å². The molecule has 4 rings (SSSR count). The van der Waals surface area contributed by atoms with Gasteiger partial charge in [-0.2, -0.15) is 13.2 Å². The summed E-state index contributed by atoms with van der Waals surface area (Å²) in [7, 11) is 0. The van der Waals surface area contributed by atoms with Gasteiger partial charge in [-0.05, 0) is 66.8 Å². The summed E-state index contributed by atoms with van der Waals surface area (Å²) in [5, 5.41) is 0. The molecule has 1 aliphatic carbocycles. The summed E-state index contributed by atoms with van der Waals surface area (Å²) >= 11 is 0. The van der Waals surface area contributed by atoms with Gasteiger partial charge in [0, 0.05) is 37.4 Å². The van der Waals surface area contributed by atoms with Crippen LogP contribution in [-0.2, 0) is 19.3 Å². The first kappa shape index (κ1) is 22.3. The van der Waals surface area contributed by atoms with E-state index in [-0.39, 0.29) is 5.41 Å². The van der Waals surface area contributed by atoms with Crippen LogP contribution in [0.3, 0.4) is 0 Å². The third kappa shape index (κ3) is 5.88. The van der Waals surface area contributed by atoms with Gasteiger partial charge >= 0.3 is 6.18 Å². The number of benzene rings is 2. The molecule has 2 aromatic carbocycles. The first-order chi connectivity index (χ1) is 15.3. The molecule has 0 aliphatic heterocycles. The molecule has 168 valence electrons. The second kappa shape index (κ2) is 9.33. The van der Waals surface area contributed by atoms with Crippen molar-refractivity contribution in [2.45, 2.75) is 39.0 Å². The molecule has 0 N–H and O–H groups in total. The Kier molecular flexibility index (Phi) is 6.51. The monoisotopic (exact) mass is 440 g/mol. The Labute approximate surface area is 186 Å². The highest BCUT2D eigenvalue weighted by molar-refractivity contribution is 5.29. The van der Waals surface area contributed by atoms with Crippen LogP contribution in [-0.4, -0.2) is 23.0 Å². The molecule has 1 aromatic heterocycles. The van der Waals surface area contributed by atoms with Crippen LogP contribution < -0.4 is 4.74 Å². The van der Waals surface area contributed by atoms with Crippen molar-refractivity contribution < 1.29 is 17.9 Å². The Morgan fingerprint density at radius 2 is 1.72 bits per heavy atom. The zero-order valence-corrected chi connectivity index (χ0v) is 18.1. The number of nitrogens with zero attached hydrogens (tertiary/aromatic N) is 2. The van der Waals surface area contributed by atoms with Crippen molar-refractivity contribution in [3.8, 4) is 5.75 Å². The fourth-order valence-electron chi connectivity index (χ4n) is 3.92. The maximum Gasteiger partial charge on any atom is 0.416 e. The van der Waals surface area contributed by atoms with E-state index < -0.39 is 11.7 Å². The maximum atomic E-state index is 12.8. The van der Waals surface area contributed by atoms with E-state index in [2.05, 4.69) is 41.1 Å². The van der Waals surface area contributed by atoms with Crippen molar-refractivity contribution in [3.63, 3.8) is 0 Å². The highest BCUT2D eigenvalue weighted by Crippen LogP contribution is 2.47. The van der Waals surface area contributed by atoms with E-state index in [0.717, 1.165) is 50.2 Å².